The lowest BCUT2D eigenvalue weighted by Crippen LogP contribution is -2.31. The molecule has 0 unspecified atom stereocenters. The monoisotopic (exact) mass is 238 g/mol. The third kappa shape index (κ3) is 4.98. The van der Waals surface area contributed by atoms with E-state index in [-0.39, 0.29) is 19.0 Å². The molecule has 6 heteroatoms. The molecule has 1 rings (SSSR count). The van der Waals surface area contributed by atoms with Crippen molar-refractivity contribution in [3.63, 3.8) is 0 Å². The second kappa shape index (κ2) is 6.49. The van der Waals surface area contributed by atoms with Gasteiger partial charge in [-0.25, -0.2) is 0 Å². The summed E-state index contributed by atoms with van der Waals surface area (Å²) in [6.45, 7) is -0.297. The summed E-state index contributed by atoms with van der Waals surface area (Å²) in [7, 11) is 1.54. The van der Waals surface area contributed by atoms with Crippen molar-refractivity contribution < 1.29 is 19.4 Å². The average Bonchev–Trinajstić information content (AvgIpc) is 2.28. The number of carboxylic acid groups (broad SMARTS) is 1. The highest BCUT2D eigenvalue weighted by atomic mass is 16.5. The van der Waals surface area contributed by atoms with Crippen LogP contribution >= 0.6 is 0 Å². The first-order valence-corrected chi connectivity index (χ1v) is 4.98. The fourth-order valence-corrected chi connectivity index (χ4v) is 1.19. The molecule has 92 valence electrons. The van der Waals surface area contributed by atoms with Crippen LogP contribution in [0.4, 0.5) is 5.69 Å². The van der Waals surface area contributed by atoms with Crippen molar-refractivity contribution >= 4 is 17.6 Å². The van der Waals surface area contributed by atoms with E-state index in [9.17, 15) is 9.59 Å². The Morgan fingerprint density at radius 1 is 1.35 bits per heavy atom. The largest absolute Gasteiger partial charge is 0.497 e. The van der Waals surface area contributed by atoms with Crippen molar-refractivity contribution in [1.82, 2.24) is 5.32 Å². The Balaban J connectivity index is 2.42. The molecular formula is C11H14N2O4. The predicted octanol–water partition coefficient (Wildman–Crippen LogP) is 0.308. The van der Waals surface area contributed by atoms with Crippen LogP contribution in [-0.4, -0.2) is 37.2 Å². The van der Waals surface area contributed by atoms with Gasteiger partial charge in [0.1, 0.15) is 5.75 Å². The van der Waals surface area contributed by atoms with Gasteiger partial charge >= 0.3 is 5.97 Å². The first-order chi connectivity index (χ1) is 8.11. The smallest absolute Gasteiger partial charge is 0.317 e. The fraction of sp³-hybridized carbons (Fsp3) is 0.273. The number of amides is 1. The lowest BCUT2D eigenvalue weighted by Gasteiger charge is -2.07. The molecule has 0 spiro atoms. The molecule has 0 atom stereocenters. The number of carbonyl (C=O) groups excluding carboxylic acids is 1. The summed E-state index contributed by atoms with van der Waals surface area (Å²) in [4.78, 5) is 21.6. The number of carboxylic acids is 1. The summed E-state index contributed by atoms with van der Waals surface area (Å²) in [6, 6.07) is 6.91. The van der Waals surface area contributed by atoms with Gasteiger partial charge in [-0.1, -0.05) is 6.07 Å². The molecule has 0 aliphatic carbocycles. The van der Waals surface area contributed by atoms with E-state index in [0.717, 1.165) is 0 Å². The Kier molecular flexibility index (Phi) is 4.96. The zero-order valence-electron chi connectivity index (χ0n) is 9.40. The van der Waals surface area contributed by atoms with Crippen LogP contribution in [-0.2, 0) is 9.59 Å². The van der Waals surface area contributed by atoms with Crippen molar-refractivity contribution in [2.24, 2.45) is 0 Å². The summed E-state index contributed by atoms with van der Waals surface area (Å²) < 4.78 is 5.00. The summed E-state index contributed by atoms with van der Waals surface area (Å²) in [5.74, 6) is -0.667. The number of carbonyl (C=O) groups is 2. The Morgan fingerprint density at radius 2 is 2.12 bits per heavy atom. The van der Waals surface area contributed by atoms with E-state index in [0.29, 0.717) is 11.4 Å². The number of methoxy groups -OCH3 is 1. The van der Waals surface area contributed by atoms with Gasteiger partial charge in [0, 0.05) is 11.8 Å². The number of anilines is 1. The molecule has 1 aromatic rings. The van der Waals surface area contributed by atoms with Crippen molar-refractivity contribution in [1.29, 1.82) is 0 Å². The number of nitrogens with one attached hydrogen (secondary N) is 2. The Morgan fingerprint density at radius 3 is 2.76 bits per heavy atom. The van der Waals surface area contributed by atoms with Gasteiger partial charge in [-0.05, 0) is 12.1 Å². The highest BCUT2D eigenvalue weighted by Gasteiger charge is 2.03. The molecule has 0 aliphatic heterocycles. The van der Waals surface area contributed by atoms with Gasteiger partial charge in [0.2, 0.25) is 5.91 Å². The minimum absolute atomic E-state index is 0.0521. The maximum Gasteiger partial charge on any atom is 0.317 e. The third-order valence-corrected chi connectivity index (χ3v) is 1.92. The average molecular weight is 238 g/mol. The van der Waals surface area contributed by atoms with Crippen molar-refractivity contribution in [2.45, 2.75) is 0 Å². The molecule has 0 aliphatic rings. The van der Waals surface area contributed by atoms with Crippen LogP contribution in [0.1, 0.15) is 0 Å². The van der Waals surface area contributed by atoms with Crippen LogP contribution in [0, 0.1) is 0 Å². The van der Waals surface area contributed by atoms with E-state index in [1.54, 1.807) is 24.3 Å². The number of aliphatic carboxylic acids is 1. The molecule has 0 heterocycles. The number of hydrogen-bond donors (Lipinski definition) is 3. The van der Waals surface area contributed by atoms with Crippen LogP contribution in [0.3, 0.4) is 0 Å². The number of hydrogen-bond acceptors (Lipinski definition) is 4. The zero-order valence-corrected chi connectivity index (χ0v) is 9.40. The van der Waals surface area contributed by atoms with E-state index in [2.05, 4.69) is 10.6 Å². The Hall–Kier alpha value is -2.08. The first-order valence-electron chi connectivity index (χ1n) is 4.98. The molecule has 0 radical (unpaired) electrons. The van der Waals surface area contributed by atoms with Crippen molar-refractivity contribution in [3.8, 4) is 5.75 Å². The van der Waals surface area contributed by atoms with Crippen molar-refractivity contribution in [3.05, 3.63) is 24.3 Å². The zero-order chi connectivity index (χ0) is 12.7. The van der Waals surface area contributed by atoms with Gasteiger partial charge in [-0.2, -0.15) is 0 Å². The van der Waals surface area contributed by atoms with Gasteiger partial charge in [-0.3, -0.25) is 14.9 Å². The predicted molar refractivity (Wildman–Crippen MR) is 62.1 cm³/mol. The highest BCUT2D eigenvalue weighted by molar-refractivity contribution is 5.92. The minimum atomic E-state index is -1.00. The Labute approximate surface area is 98.6 Å². The molecule has 0 saturated heterocycles. The van der Waals surface area contributed by atoms with E-state index in [1.165, 1.54) is 7.11 Å². The first kappa shape index (κ1) is 13.0. The summed E-state index contributed by atoms with van der Waals surface area (Å²) in [5, 5.41) is 13.5. The number of benzene rings is 1. The molecular weight excluding hydrogens is 224 g/mol. The molecule has 0 fully saturated rings. The van der Waals surface area contributed by atoms with Gasteiger partial charge < -0.3 is 15.2 Å². The molecule has 1 aromatic carbocycles. The molecule has 1 amide bonds. The minimum Gasteiger partial charge on any atom is -0.497 e. The number of rotatable bonds is 6. The van der Waals surface area contributed by atoms with E-state index >= 15 is 0 Å². The molecule has 0 aromatic heterocycles. The van der Waals surface area contributed by atoms with Crippen LogP contribution < -0.4 is 15.4 Å². The summed E-state index contributed by atoms with van der Waals surface area (Å²) >= 11 is 0. The lowest BCUT2D eigenvalue weighted by atomic mass is 10.3. The Bertz CT molecular complexity index is 406. The van der Waals surface area contributed by atoms with Crippen LogP contribution in [0.15, 0.2) is 24.3 Å². The number of ether oxygens (including phenoxy) is 1. The molecule has 6 nitrogen and oxygen atoms in total. The van der Waals surface area contributed by atoms with Gasteiger partial charge in [0.05, 0.1) is 20.2 Å². The SMILES string of the molecule is COc1cccc(NC(=O)CNCC(=O)O)c1. The molecule has 0 saturated carbocycles. The normalized spacial score (nSPS) is 9.71. The molecule has 0 bridgehead atoms. The lowest BCUT2D eigenvalue weighted by molar-refractivity contribution is -0.135. The summed E-state index contributed by atoms with van der Waals surface area (Å²) in [6.07, 6.45) is 0. The van der Waals surface area contributed by atoms with Crippen LogP contribution in [0.2, 0.25) is 0 Å². The second-order valence-electron chi connectivity index (χ2n) is 3.28. The van der Waals surface area contributed by atoms with E-state index in [1.807, 2.05) is 0 Å². The molecule has 3 N–H and O–H groups in total. The van der Waals surface area contributed by atoms with Crippen LogP contribution in [0.5, 0.6) is 5.75 Å². The van der Waals surface area contributed by atoms with Gasteiger partial charge in [0.15, 0.2) is 0 Å². The maximum absolute atomic E-state index is 11.4. The van der Waals surface area contributed by atoms with Gasteiger partial charge in [0.25, 0.3) is 0 Å². The molecule has 17 heavy (non-hydrogen) atoms. The standard InChI is InChI=1S/C11H14N2O4/c1-17-9-4-2-3-8(5-9)13-10(14)6-12-7-11(15)16/h2-5,12H,6-7H2,1H3,(H,13,14)(H,15,16). The maximum atomic E-state index is 11.4. The quantitative estimate of drug-likeness (QED) is 0.663. The van der Waals surface area contributed by atoms with E-state index in [4.69, 9.17) is 9.84 Å². The highest BCUT2D eigenvalue weighted by Crippen LogP contribution is 2.16. The van der Waals surface area contributed by atoms with Gasteiger partial charge in [-0.15, -0.1) is 0 Å². The van der Waals surface area contributed by atoms with Crippen molar-refractivity contribution in [2.75, 3.05) is 25.5 Å². The topological polar surface area (TPSA) is 87.7 Å². The van der Waals surface area contributed by atoms with E-state index < -0.39 is 5.97 Å². The fourth-order valence-electron chi connectivity index (χ4n) is 1.19. The summed E-state index contributed by atoms with van der Waals surface area (Å²) in [5.41, 5.74) is 0.603. The second-order valence-corrected chi connectivity index (χ2v) is 3.28. The van der Waals surface area contributed by atoms with Crippen LogP contribution in [0.25, 0.3) is 0 Å². The third-order valence-electron chi connectivity index (χ3n) is 1.92.